The number of hydrogen-bond donors (Lipinski definition) is 2. The molecule has 2 aliphatic rings. The molecule has 16 heavy (non-hydrogen) atoms. The number of rotatable bonds is 10. The van der Waals surface area contributed by atoms with Crippen molar-refractivity contribution < 1.29 is 0 Å². The van der Waals surface area contributed by atoms with E-state index in [1.807, 2.05) is 0 Å². The Kier molecular flexibility index (Phi) is 5.11. The van der Waals surface area contributed by atoms with Crippen LogP contribution in [0.2, 0.25) is 0 Å². The number of unbranched alkanes of at least 4 members (excludes halogenated alkanes) is 3. The fraction of sp³-hybridized carbons (Fsp3) is 1.00. The Morgan fingerprint density at radius 3 is 2.12 bits per heavy atom. The van der Waals surface area contributed by atoms with Crippen LogP contribution >= 0.6 is 0 Å². The van der Waals surface area contributed by atoms with Crippen molar-refractivity contribution in [2.45, 2.75) is 51.4 Å². The molecule has 3 N–H and O–H groups in total. The summed E-state index contributed by atoms with van der Waals surface area (Å²) < 4.78 is 0. The highest BCUT2D eigenvalue weighted by molar-refractivity contribution is 4.92. The molecule has 0 aliphatic heterocycles. The molecule has 0 aromatic heterocycles. The van der Waals surface area contributed by atoms with Gasteiger partial charge in [-0.2, -0.15) is 0 Å². The third-order valence-corrected chi connectivity index (χ3v) is 4.14. The molecule has 0 amide bonds. The summed E-state index contributed by atoms with van der Waals surface area (Å²) in [4.78, 5) is 0. The SMILES string of the molecule is NCCCCCCNCC(C1CC1)C1CC1. The average Bonchev–Trinajstić information content (AvgIpc) is 3.16. The van der Waals surface area contributed by atoms with Crippen LogP contribution in [0.4, 0.5) is 0 Å². The minimum atomic E-state index is 0.860. The molecule has 2 rings (SSSR count). The minimum Gasteiger partial charge on any atom is -0.330 e. The topological polar surface area (TPSA) is 38.0 Å². The summed E-state index contributed by atoms with van der Waals surface area (Å²) in [6, 6.07) is 0. The van der Waals surface area contributed by atoms with E-state index in [1.165, 1.54) is 64.5 Å². The fourth-order valence-corrected chi connectivity index (χ4v) is 2.78. The van der Waals surface area contributed by atoms with Gasteiger partial charge in [0.1, 0.15) is 0 Å². The summed E-state index contributed by atoms with van der Waals surface area (Å²) in [6.07, 6.45) is 11.3. The van der Waals surface area contributed by atoms with Crippen LogP contribution in [-0.2, 0) is 0 Å². The van der Waals surface area contributed by atoms with Crippen molar-refractivity contribution in [3.05, 3.63) is 0 Å². The Bertz CT molecular complexity index is 173. The quantitative estimate of drug-likeness (QED) is 0.560. The van der Waals surface area contributed by atoms with Crippen LogP contribution in [-0.4, -0.2) is 19.6 Å². The second-order valence-corrected chi connectivity index (χ2v) is 5.75. The third kappa shape index (κ3) is 4.42. The number of nitrogens with two attached hydrogens (primary N) is 1. The molecule has 0 aromatic rings. The van der Waals surface area contributed by atoms with Gasteiger partial charge in [0.2, 0.25) is 0 Å². The molecule has 0 saturated heterocycles. The standard InChI is InChI=1S/C14H28N2/c15-9-3-1-2-4-10-16-11-14(12-5-6-12)13-7-8-13/h12-14,16H,1-11,15H2. The van der Waals surface area contributed by atoms with E-state index in [9.17, 15) is 0 Å². The summed E-state index contributed by atoms with van der Waals surface area (Å²) in [7, 11) is 0. The Labute approximate surface area is 100 Å². The molecule has 2 nitrogen and oxygen atoms in total. The molecule has 0 heterocycles. The van der Waals surface area contributed by atoms with E-state index in [2.05, 4.69) is 5.32 Å². The smallest absolute Gasteiger partial charge is 0.00152 e. The van der Waals surface area contributed by atoms with Crippen LogP contribution < -0.4 is 11.1 Å². The van der Waals surface area contributed by atoms with Gasteiger partial charge in [0.25, 0.3) is 0 Å². The normalized spacial score (nSPS) is 20.6. The van der Waals surface area contributed by atoms with Crippen molar-refractivity contribution in [1.29, 1.82) is 0 Å². The highest BCUT2D eigenvalue weighted by Gasteiger charge is 2.40. The molecular formula is C14H28N2. The first-order valence-corrected chi connectivity index (χ1v) is 7.32. The zero-order valence-corrected chi connectivity index (χ0v) is 10.6. The van der Waals surface area contributed by atoms with E-state index < -0.39 is 0 Å². The Morgan fingerprint density at radius 1 is 0.938 bits per heavy atom. The zero-order valence-electron chi connectivity index (χ0n) is 10.6. The van der Waals surface area contributed by atoms with Gasteiger partial charge in [-0.25, -0.2) is 0 Å². The lowest BCUT2D eigenvalue weighted by Gasteiger charge is -2.16. The fourth-order valence-electron chi connectivity index (χ4n) is 2.78. The van der Waals surface area contributed by atoms with Crippen LogP contribution in [0.25, 0.3) is 0 Å². The molecule has 94 valence electrons. The summed E-state index contributed by atoms with van der Waals surface area (Å²) in [5, 5.41) is 3.67. The third-order valence-electron chi connectivity index (χ3n) is 4.14. The van der Waals surface area contributed by atoms with Crippen LogP contribution in [0.3, 0.4) is 0 Å². The van der Waals surface area contributed by atoms with Crippen molar-refractivity contribution in [3.63, 3.8) is 0 Å². The molecule has 2 saturated carbocycles. The van der Waals surface area contributed by atoms with E-state index in [0.717, 1.165) is 24.3 Å². The molecule has 0 spiro atoms. The maximum absolute atomic E-state index is 5.47. The van der Waals surface area contributed by atoms with Gasteiger partial charge in [-0.05, 0) is 75.9 Å². The second kappa shape index (κ2) is 6.61. The highest BCUT2D eigenvalue weighted by Crippen LogP contribution is 2.48. The Balaban J connectivity index is 1.44. The summed E-state index contributed by atoms with van der Waals surface area (Å²) >= 11 is 0. The van der Waals surface area contributed by atoms with E-state index in [-0.39, 0.29) is 0 Å². The van der Waals surface area contributed by atoms with E-state index in [4.69, 9.17) is 5.73 Å². The molecule has 2 heteroatoms. The van der Waals surface area contributed by atoms with Crippen molar-refractivity contribution in [1.82, 2.24) is 5.32 Å². The van der Waals surface area contributed by atoms with E-state index >= 15 is 0 Å². The zero-order chi connectivity index (χ0) is 11.2. The lowest BCUT2D eigenvalue weighted by atomic mass is 9.98. The van der Waals surface area contributed by atoms with Crippen LogP contribution in [0.15, 0.2) is 0 Å². The second-order valence-electron chi connectivity index (χ2n) is 5.75. The first kappa shape index (κ1) is 12.4. The van der Waals surface area contributed by atoms with Gasteiger partial charge in [0.15, 0.2) is 0 Å². The van der Waals surface area contributed by atoms with Gasteiger partial charge < -0.3 is 11.1 Å². The maximum atomic E-state index is 5.47. The van der Waals surface area contributed by atoms with Gasteiger partial charge in [-0.3, -0.25) is 0 Å². The lowest BCUT2D eigenvalue weighted by molar-refractivity contribution is 0.377. The van der Waals surface area contributed by atoms with E-state index in [1.54, 1.807) is 0 Å². The van der Waals surface area contributed by atoms with Crippen LogP contribution in [0, 0.1) is 17.8 Å². The first-order valence-electron chi connectivity index (χ1n) is 7.32. The van der Waals surface area contributed by atoms with Gasteiger partial charge in [0.05, 0.1) is 0 Å². The van der Waals surface area contributed by atoms with Crippen molar-refractivity contribution in [2.75, 3.05) is 19.6 Å². The average molecular weight is 224 g/mol. The Morgan fingerprint density at radius 2 is 1.56 bits per heavy atom. The van der Waals surface area contributed by atoms with E-state index in [0.29, 0.717) is 0 Å². The van der Waals surface area contributed by atoms with Crippen molar-refractivity contribution in [3.8, 4) is 0 Å². The van der Waals surface area contributed by atoms with Gasteiger partial charge in [0, 0.05) is 0 Å². The first-order chi connectivity index (χ1) is 7.92. The van der Waals surface area contributed by atoms with Crippen molar-refractivity contribution >= 4 is 0 Å². The molecule has 0 radical (unpaired) electrons. The largest absolute Gasteiger partial charge is 0.330 e. The lowest BCUT2D eigenvalue weighted by Crippen LogP contribution is -2.26. The monoisotopic (exact) mass is 224 g/mol. The van der Waals surface area contributed by atoms with Gasteiger partial charge in [-0.1, -0.05) is 12.8 Å². The summed E-state index contributed by atoms with van der Waals surface area (Å²) in [5.74, 6) is 3.22. The molecule has 2 fully saturated rings. The predicted octanol–water partition coefficient (Wildman–Crippen LogP) is 2.53. The predicted molar refractivity (Wildman–Crippen MR) is 69.3 cm³/mol. The molecular weight excluding hydrogens is 196 g/mol. The van der Waals surface area contributed by atoms with Crippen LogP contribution in [0.1, 0.15) is 51.4 Å². The van der Waals surface area contributed by atoms with Gasteiger partial charge in [-0.15, -0.1) is 0 Å². The molecule has 0 unspecified atom stereocenters. The molecule has 0 atom stereocenters. The maximum Gasteiger partial charge on any atom is -0.00152 e. The molecule has 0 bridgehead atoms. The minimum absolute atomic E-state index is 0.860. The Hall–Kier alpha value is -0.0800. The number of nitrogens with one attached hydrogen (secondary N) is 1. The molecule has 0 aromatic carbocycles. The van der Waals surface area contributed by atoms with Crippen molar-refractivity contribution in [2.24, 2.45) is 23.5 Å². The van der Waals surface area contributed by atoms with Crippen LogP contribution in [0.5, 0.6) is 0 Å². The summed E-state index contributed by atoms with van der Waals surface area (Å²) in [6.45, 7) is 3.38. The van der Waals surface area contributed by atoms with Gasteiger partial charge >= 0.3 is 0 Å². The highest BCUT2D eigenvalue weighted by atomic mass is 14.9. The molecule has 2 aliphatic carbocycles. The summed E-state index contributed by atoms with van der Waals surface area (Å²) in [5.41, 5.74) is 5.47. The number of hydrogen-bond acceptors (Lipinski definition) is 2.